The molecule has 4 amide bonds. The minimum atomic E-state index is -0.142. The molecule has 0 radical (unpaired) electrons. The molecule has 4 aliphatic heterocycles. The molecule has 3 fully saturated rings. The summed E-state index contributed by atoms with van der Waals surface area (Å²) in [5.41, 5.74) is 20.0. The van der Waals surface area contributed by atoms with Gasteiger partial charge in [-0.2, -0.15) is 0 Å². The van der Waals surface area contributed by atoms with E-state index in [1.165, 1.54) is 12.8 Å². The van der Waals surface area contributed by atoms with E-state index in [9.17, 15) is 19.2 Å². The van der Waals surface area contributed by atoms with Crippen LogP contribution in [0.5, 0.6) is 0 Å². The van der Waals surface area contributed by atoms with Crippen molar-refractivity contribution in [3.63, 3.8) is 0 Å². The van der Waals surface area contributed by atoms with E-state index in [4.69, 9.17) is 44.6 Å². The molecule has 2 aromatic carbocycles. The first-order valence-electron chi connectivity index (χ1n) is 27.9. The zero-order valence-electron chi connectivity index (χ0n) is 47.1. The number of benzene rings is 2. The van der Waals surface area contributed by atoms with Crippen LogP contribution in [0.1, 0.15) is 105 Å². The SMILES string of the molecule is C.C.CCC(CC)N1CCn2c(=O)n(-c3ccc(Br)cc3Cl)c3nc(C)cc1c32.CCC(CC)N1CCn2c(=O)n(-c3ccc(N4CCNC4=O)cc3Cl)c3nc(C)cc1c32.CNCCNC.N[C@@H]1CCCC[C@H]1N.O=C1NCCN1. The highest BCUT2D eigenvalue weighted by atomic mass is 79.9. The van der Waals surface area contributed by atoms with Crippen molar-refractivity contribution in [2.75, 3.05) is 81.2 Å². The van der Waals surface area contributed by atoms with Crippen LogP contribution in [0, 0.1) is 13.8 Å². The number of likely N-dealkylation sites (N-methyl/N-ethyl adjacent to an activating group) is 2. The van der Waals surface area contributed by atoms with Crippen molar-refractivity contribution in [1.82, 2.24) is 54.8 Å². The second-order valence-corrected chi connectivity index (χ2v) is 22.1. The Hall–Kier alpha value is -5.68. The van der Waals surface area contributed by atoms with Gasteiger partial charge in [-0.3, -0.25) is 14.0 Å². The Morgan fingerprint density at radius 2 is 1.06 bits per heavy atom. The Morgan fingerprint density at radius 1 is 0.617 bits per heavy atom. The summed E-state index contributed by atoms with van der Waals surface area (Å²) in [6.07, 6.45) is 9.03. The van der Waals surface area contributed by atoms with Gasteiger partial charge in [0.25, 0.3) is 0 Å². The Kier molecular flexibility index (Phi) is 25.0. The van der Waals surface area contributed by atoms with E-state index >= 15 is 0 Å². The maximum atomic E-state index is 13.5. The Bertz CT molecular complexity index is 3170. The van der Waals surface area contributed by atoms with Crippen LogP contribution in [0.4, 0.5) is 26.7 Å². The number of anilines is 3. The van der Waals surface area contributed by atoms with Gasteiger partial charge in [0.05, 0.1) is 32.8 Å². The second-order valence-electron chi connectivity index (χ2n) is 20.4. The highest BCUT2D eigenvalue weighted by Gasteiger charge is 2.32. The number of halogens is 3. The lowest BCUT2D eigenvalue weighted by atomic mass is 9.92. The average molecular weight is 1230 g/mol. The summed E-state index contributed by atoms with van der Waals surface area (Å²) in [5.74, 6) is 0. The second kappa shape index (κ2) is 30.6. The molecular weight excluding hydrogens is 1140 g/mol. The van der Waals surface area contributed by atoms with Crippen molar-refractivity contribution in [2.45, 2.75) is 145 Å². The fourth-order valence-electron chi connectivity index (χ4n) is 10.9. The summed E-state index contributed by atoms with van der Waals surface area (Å²) in [6.45, 7) is 20.5. The van der Waals surface area contributed by atoms with Crippen molar-refractivity contribution >= 4 is 90.6 Å². The van der Waals surface area contributed by atoms with Crippen LogP contribution in [0.15, 0.2) is 62.6 Å². The Balaban J connectivity index is 0.000000219. The molecule has 20 nitrogen and oxygen atoms in total. The molecule has 2 atom stereocenters. The van der Waals surface area contributed by atoms with Gasteiger partial charge in [-0.25, -0.2) is 38.3 Å². The number of carbonyl (C=O) groups is 2. The smallest absolute Gasteiger partial charge is 0.335 e. The first-order chi connectivity index (χ1) is 38.0. The maximum Gasteiger partial charge on any atom is 0.335 e. The molecule has 2 saturated heterocycles. The predicted octanol–water partition coefficient (Wildman–Crippen LogP) is 8.82. The van der Waals surface area contributed by atoms with Gasteiger partial charge >= 0.3 is 23.4 Å². The third-order valence-corrected chi connectivity index (χ3v) is 16.3. The number of hydrogen-bond acceptors (Lipinski definition) is 12. The van der Waals surface area contributed by atoms with Crippen LogP contribution >= 0.6 is 39.1 Å². The Morgan fingerprint density at radius 3 is 1.42 bits per heavy atom. The van der Waals surface area contributed by atoms with Crippen molar-refractivity contribution in [3.8, 4) is 11.4 Å². The number of nitrogens with two attached hydrogens (primary N) is 2. The first-order valence-corrected chi connectivity index (χ1v) is 29.5. The Labute approximate surface area is 496 Å². The molecule has 8 heterocycles. The van der Waals surface area contributed by atoms with Gasteiger partial charge < -0.3 is 47.9 Å². The molecular formula is C58H89BrCl2N16O4. The van der Waals surface area contributed by atoms with Crippen molar-refractivity contribution in [3.05, 3.63) is 95.4 Å². The third kappa shape index (κ3) is 14.9. The molecule has 446 valence electrons. The molecule has 0 bridgehead atoms. The van der Waals surface area contributed by atoms with Gasteiger partial charge in [-0.05, 0) is 115 Å². The number of rotatable bonds is 12. The molecule has 11 rings (SSSR count). The maximum absolute atomic E-state index is 13.5. The van der Waals surface area contributed by atoms with Gasteiger partial charge in [-0.15, -0.1) is 0 Å². The van der Waals surface area contributed by atoms with E-state index < -0.39 is 0 Å². The fourth-order valence-corrected chi connectivity index (χ4v) is 12.0. The van der Waals surface area contributed by atoms with E-state index in [0.29, 0.717) is 76.7 Å². The number of hydrogen-bond donors (Lipinski definition) is 7. The zero-order chi connectivity index (χ0) is 57.1. The fraction of sp³-hybridized carbons (Fsp3) is 0.552. The number of amides is 4. The van der Waals surface area contributed by atoms with Crippen LogP contribution in [0.2, 0.25) is 10.0 Å². The molecule has 6 aromatic rings. The molecule has 1 saturated carbocycles. The largest absolute Gasteiger partial charge is 0.365 e. The summed E-state index contributed by atoms with van der Waals surface area (Å²) in [6, 6.07) is 16.4. The van der Waals surface area contributed by atoms with Gasteiger partial charge in [0.2, 0.25) is 0 Å². The first kappa shape index (κ1) is 66.1. The van der Waals surface area contributed by atoms with E-state index in [2.05, 4.69) is 92.1 Å². The molecule has 1 aliphatic carbocycles. The molecule has 4 aromatic heterocycles. The van der Waals surface area contributed by atoms with E-state index in [1.807, 2.05) is 55.3 Å². The zero-order valence-corrected chi connectivity index (χ0v) is 50.2. The minimum absolute atomic E-state index is 0. The molecule has 9 N–H and O–H groups in total. The average Bonchev–Trinajstić information content (AvgIpc) is 4.26. The number of nitrogens with one attached hydrogen (secondary N) is 5. The number of nitrogens with zero attached hydrogens (tertiary/aromatic N) is 9. The predicted molar refractivity (Wildman–Crippen MR) is 339 cm³/mol. The summed E-state index contributed by atoms with van der Waals surface area (Å²) < 4.78 is 7.79. The quantitative estimate of drug-likeness (QED) is 0.0570. The highest BCUT2D eigenvalue weighted by molar-refractivity contribution is 9.10. The summed E-state index contributed by atoms with van der Waals surface area (Å²) in [7, 11) is 3.88. The van der Waals surface area contributed by atoms with E-state index in [-0.39, 0.29) is 50.4 Å². The summed E-state index contributed by atoms with van der Waals surface area (Å²) >= 11 is 16.6. The van der Waals surface area contributed by atoms with Crippen LogP contribution in [0.25, 0.3) is 33.7 Å². The molecule has 81 heavy (non-hydrogen) atoms. The molecule has 5 aliphatic rings. The van der Waals surface area contributed by atoms with Crippen LogP contribution < -0.4 is 64.1 Å². The molecule has 0 spiro atoms. The number of urea groups is 2. The lowest BCUT2D eigenvalue weighted by Crippen LogP contribution is -2.43. The number of aromatic nitrogens is 6. The van der Waals surface area contributed by atoms with Crippen molar-refractivity contribution in [2.24, 2.45) is 11.5 Å². The lowest BCUT2D eigenvalue weighted by Gasteiger charge is -2.36. The number of carbonyl (C=O) groups excluding carboxylic acids is 2. The lowest BCUT2D eigenvalue weighted by molar-refractivity contribution is 0.248. The topological polar surface area (TPSA) is 236 Å². The van der Waals surface area contributed by atoms with Crippen LogP contribution in [0.3, 0.4) is 0 Å². The molecule has 23 heteroatoms. The van der Waals surface area contributed by atoms with Crippen LogP contribution in [-0.4, -0.2) is 131 Å². The molecule has 0 unspecified atom stereocenters. The standard InChI is InChI=1S/C23H27ClN6O2.C20H22BrClN4O.C6H14N2.C4H12N2.C3H6N2O.2CH4/c1-4-15(5-2)27-10-11-29-20-19(27)12-14(3)26-21(20)30(23(29)32)18-7-6-16(13-17(18)24)28-9-8-25-22(28)31;1-4-14(5-2)24-8-9-25-18-17(24)10-12(3)23-19(18)26(20(25)27)16-7-6-13(21)11-15(16)22;7-5-3-1-2-4-6(5)8;1-5-3-4-6-2;6-3-4-1-2-5-3;;/h6-7,12-13,15H,4-5,8-11H2,1-3H3,(H,25,31);6-7,10-11,14H,4-5,8-9H2,1-3H3;5-6H,1-4,7-8H2;5-6H,3-4H2,1-2H3;1-2H2,(H2,4,5,6);2*1H4/t;;5-,6-;;;;/m..1..../s1. The minimum Gasteiger partial charge on any atom is -0.365 e. The third-order valence-electron chi connectivity index (χ3n) is 15.2. The van der Waals surface area contributed by atoms with Gasteiger partial charge in [0.15, 0.2) is 11.3 Å². The van der Waals surface area contributed by atoms with Gasteiger partial charge in [-0.1, -0.05) is 94.5 Å². The summed E-state index contributed by atoms with van der Waals surface area (Å²) in [4.78, 5) is 64.8. The number of aryl methyl sites for hydroxylation is 2. The summed E-state index contributed by atoms with van der Waals surface area (Å²) in [5, 5.41) is 14.9. The normalized spacial score (nSPS) is 16.9. The van der Waals surface area contributed by atoms with E-state index in [0.717, 1.165) is 116 Å². The van der Waals surface area contributed by atoms with Crippen molar-refractivity contribution < 1.29 is 9.59 Å². The highest BCUT2D eigenvalue weighted by Crippen LogP contribution is 2.37. The van der Waals surface area contributed by atoms with Crippen LogP contribution in [-0.2, 0) is 13.1 Å². The monoisotopic (exact) mass is 1220 g/mol. The van der Waals surface area contributed by atoms with Gasteiger partial charge in [0.1, 0.15) is 11.0 Å². The number of pyridine rings is 2. The number of imidazole rings is 2. The van der Waals surface area contributed by atoms with Crippen molar-refractivity contribution in [1.29, 1.82) is 0 Å². The van der Waals surface area contributed by atoms with E-state index in [1.54, 1.807) is 32.2 Å². The van der Waals surface area contributed by atoms with Gasteiger partial charge in [0, 0.05) is 111 Å².